The molecule has 10 heteroatoms. The van der Waals surface area contributed by atoms with Crippen molar-refractivity contribution in [2.45, 2.75) is 5.16 Å². The third-order valence-electron chi connectivity index (χ3n) is 4.23. The van der Waals surface area contributed by atoms with Crippen LogP contribution in [0.5, 0.6) is 0 Å². The number of hydrogen-bond donors (Lipinski definition) is 1. The summed E-state index contributed by atoms with van der Waals surface area (Å²) in [5.74, 6) is -0.749. The fourth-order valence-corrected chi connectivity index (χ4v) is 4.95. The topological polar surface area (TPSA) is 68.9 Å². The second kappa shape index (κ2) is 8.50. The van der Waals surface area contributed by atoms with Crippen LogP contribution in [-0.2, 0) is 11.8 Å². The number of anilines is 1. The highest BCUT2D eigenvalue weighted by Gasteiger charge is 2.17. The van der Waals surface area contributed by atoms with E-state index >= 15 is 0 Å². The molecule has 6 nitrogen and oxygen atoms in total. The fourth-order valence-electron chi connectivity index (χ4n) is 2.84. The van der Waals surface area contributed by atoms with Crippen LogP contribution in [0.4, 0.5) is 10.1 Å². The van der Waals surface area contributed by atoms with E-state index < -0.39 is 5.82 Å². The number of para-hydroxylation sites is 1. The summed E-state index contributed by atoms with van der Waals surface area (Å²) in [7, 11) is 1.61. The second-order valence-electron chi connectivity index (χ2n) is 6.30. The molecular weight excluding hydrogens is 443 g/mol. The molecule has 1 N–H and O–H groups in total. The Kier molecular flexibility index (Phi) is 5.80. The van der Waals surface area contributed by atoms with Crippen LogP contribution in [0.2, 0.25) is 0 Å². The minimum absolute atomic E-state index is 0.0124. The number of hydrogen-bond acceptors (Lipinski definition) is 6. The van der Waals surface area contributed by atoms with Crippen LogP contribution in [0.25, 0.3) is 16.0 Å². The van der Waals surface area contributed by atoms with Gasteiger partial charge in [-0.1, -0.05) is 47.4 Å². The molecule has 0 spiro atoms. The van der Waals surface area contributed by atoms with Crippen LogP contribution in [0, 0.1) is 9.77 Å². The maximum Gasteiger partial charge on any atom is 0.273 e. The number of rotatable bonds is 5. The minimum Gasteiger partial charge on any atom is -0.325 e. The van der Waals surface area contributed by atoms with Gasteiger partial charge in [0.05, 0.1) is 5.75 Å². The molecule has 152 valence electrons. The number of aromatic nitrogens is 3. The zero-order valence-corrected chi connectivity index (χ0v) is 18.1. The van der Waals surface area contributed by atoms with Crippen LogP contribution in [0.15, 0.2) is 64.5 Å². The summed E-state index contributed by atoms with van der Waals surface area (Å²) in [6.07, 6.45) is 0. The number of nitrogens with one attached hydrogen (secondary N) is 1. The summed E-state index contributed by atoms with van der Waals surface area (Å²) < 4.78 is 17.4. The van der Waals surface area contributed by atoms with Crippen molar-refractivity contribution in [3.63, 3.8) is 0 Å². The average molecular weight is 459 g/mol. The third-order valence-corrected chi connectivity index (χ3v) is 6.61. The van der Waals surface area contributed by atoms with Crippen molar-refractivity contribution in [1.29, 1.82) is 0 Å². The molecule has 1 amide bonds. The number of carbonyl (C=O) groups is 1. The molecular formula is C20H15FN4O2S3. The molecule has 2 aromatic carbocycles. The summed E-state index contributed by atoms with van der Waals surface area (Å²) >= 11 is 7.80. The van der Waals surface area contributed by atoms with E-state index in [1.807, 2.05) is 30.3 Å². The Morgan fingerprint density at radius 2 is 2.00 bits per heavy atom. The van der Waals surface area contributed by atoms with Crippen LogP contribution in [0.3, 0.4) is 0 Å². The van der Waals surface area contributed by atoms with Crippen molar-refractivity contribution in [3.05, 3.63) is 74.7 Å². The van der Waals surface area contributed by atoms with Gasteiger partial charge in [-0.3, -0.25) is 18.7 Å². The molecule has 0 aliphatic rings. The summed E-state index contributed by atoms with van der Waals surface area (Å²) in [5, 5.41) is 3.02. The predicted molar refractivity (Wildman–Crippen MR) is 121 cm³/mol. The second-order valence-corrected chi connectivity index (χ2v) is 8.88. The Morgan fingerprint density at radius 1 is 1.23 bits per heavy atom. The Labute approximate surface area is 184 Å². The normalized spacial score (nSPS) is 11.0. The largest absolute Gasteiger partial charge is 0.325 e. The molecule has 0 radical (unpaired) electrons. The van der Waals surface area contributed by atoms with Gasteiger partial charge >= 0.3 is 0 Å². The van der Waals surface area contributed by atoms with E-state index in [0.29, 0.717) is 25.1 Å². The first kappa shape index (κ1) is 20.5. The molecule has 0 aliphatic carbocycles. The molecule has 30 heavy (non-hydrogen) atoms. The van der Waals surface area contributed by atoms with E-state index in [1.165, 1.54) is 34.1 Å². The van der Waals surface area contributed by atoms with Gasteiger partial charge in [-0.05, 0) is 42.5 Å². The lowest BCUT2D eigenvalue weighted by Gasteiger charge is -2.09. The van der Waals surface area contributed by atoms with Crippen LogP contribution < -0.4 is 10.9 Å². The lowest BCUT2D eigenvalue weighted by Crippen LogP contribution is -2.21. The maximum absolute atomic E-state index is 13.3. The number of thioether (sulfide) groups is 1. The van der Waals surface area contributed by atoms with Gasteiger partial charge in [-0.2, -0.15) is 0 Å². The van der Waals surface area contributed by atoms with Gasteiger partial charge in [0.1, 0.15) is 10.5 Å². The summed E-state index contributed by atoms with van der Waals surface area (Å²) in [5.41, 5.74) is 1.42. The highest BCUT2D eigenvalue weighted by Crippen LogP contribution is 2.25. The first-order valence-corrected chi connectivity index (χ1v) is 11.0. The number of benzene rings is 2. The molecule has 0 saturated carbocycles. The number of nitrogens with zero attached hydrogens (tertiary/aromatic N) is 3. The predicted octanol–water partition coefficient (Wildman–Crippen LogP) is 4.39. The van der Waals surface area contributed by atoms with Gasteiger partial charge in [0.25, 0.3) is 5.56 Å². The van der Waals surface area contributed by atoms with E-state index in [1.54, 1.807) is 17.7 Å². The highest BCUT2D eigenvalue weighted by atomic mass is 32.2. The SMILES string of the molecule is Cn1c(SCC(=O)Nc2cccc(F)c2)nc2c(sc(=S)n2-c2ccccc2)c1=O. The highest BCUT2D eigenvalue weighted by molar-refractivity contribution is 7.99. The molecule has 2 aromatic heterocycles. The van der Waals surface area contributed by atoms with Gasteiger partial charge in [-0.15, -0.1) is 0 Å². The molecule has 4 aromatic rings. The quantitative estimate of drug-likeness (QED) is 0.273. The number of halogens is 1. The summed E-state index contributed by atoms with van der Waals surface area (Å²) in [6, 6.07) is 15.1. The first-order valence-electron chi connectivity index (χ1n) is 8.80. The smallest absolute Gasteiger partial charge is 0.273 e. The zero-order valence-electron chi connectivity index (χ0n) is 15.7. The first-order chi connectivity index (χ1) is 14.4. The molecule has 0 atom stereocenters. The van der Waals surface area contributed by atoms with Gasteiger partial charge in [0, 0.05) is 18.4 Å². The number of fused-ring (bicyclic) bond motifs is 1. The van der Waals surface area contributed by atoms with Crippen molar-refractivity contribution >= 4 is 57.3 Å². The summed E-state index contributed by atoms with van der Waals surface area (Å²) in [4.78, 5) is 29.7. The molecule has 0 aliphatic heterocycles. The molecule has 0 fully saturated rings. The lowest BCUT2D eigenvalue weighted by molar-refractivity contribution is -0.113. The number of carbonyl (C=O) groups excluding carboxylic acids is 1. The van der Waals surface area contributed by atoms with Gasteiger partial charge in [0.2, 0.25) is 5.91 Å². The monoisotopic (exact) mass is 458 g/mol. The van der Waals surface area contributed by atoms with E-state index in [-0.39, 0.29) is 17.2 Å². The maximum atomic E-state index is 13.3. The molecule has 2 heterocycles. The van der Waals surface area contributed by atoms with E-state index in [2.05, 4.69) is 10.3 Å². The molecule has 0 unspecified atom stereocenters. The zero-order chi connectivity index (χ0) is 21.3. The number of thiazole rings is 1. The third kappa shape index (κ3) is 4.07. The Balaban J connectivity index is 1.64. The van der Waals surface area contributed by atoms with Crippen LogP contribution in [0.1, 0.15) is 0 Å². The van der Waals surface area contributed by atoms with Crippen molar-refractivity contribution in [1.82, 2.24) is 14.1 Å². The van der Waals surface area contributed by atoms with Gasteiger partial charge in [-0.25, -0.2) is 9.37 Å². The molecule has 4 rings (SSSR count). The fraction of sp³-hybridized carbons (Fsp3) is 0.100. The minimum atomic E-state index is -0.433. The van der Waals surface area contributed by atoms with Crippen LogP contribution >= 0.6 is 35.3 Å². The Morgan fingerprint density at radius 3 is 2.73 bits per heavy atom. The summed E-state index contributed by atoms with van der Waals surface area (Å²) in [6.45, 7) is 0. The van der Waals surface area contributed by atoms with Crippen molar-refractivity contribution < 1.29 is 9.18 Å². The molecule has 0 bridgehead atoms. The number of amides is 1. The van der Waals surface area contributed by atoms with E-state index in [0.717, 1.165) is 17.4 Å². The van der Waals surface area contributed by atoms with Crippen molar-refractivity contribution in [2.75, 3.05) is 11.1 Å². The van der Waals surface area contributed by atoms with E-state index in [9.17, 15) is 14.0 Å². The van der Waals surface area contributed by atoms with Gasteiger partial charge < -0.3 is 5.32 Å². The lowest BCUT2D eigenvalue weighted by atomic mass is 10.3. The van der Waals surface area contributed by atoms with Crippen molar-refractivity contribution in [2.24, 2.45) is 7.05 Å². The van der Waals surface area contributed by atoms with Gasteiger partial charge in [0.15, 0.2) is 14.8 Å². The molecule has 0 saturated heterocycles. The Hall–Kier alpha value is -2.82. The standard InChI is InChI=1S/C20H15FN4O2S3/c1-24-18(27)16-17(25(20(28)30-16)14-8-3-2-4-9-14)23-19(24)29-11-15(26)22-13-7-5-6-12(21)10-13/h2-10H,11H2,1H3,(H,22,26). The van der Waals surface area contributed by atoms with Crippen LogP contribution in [-0.4, -0.2) is 25.8 Å². The van der Waals surface area contributed by atoms with E-state index in [4.69, 9.17) is 12.2 Å². The van der Waals surface area contributed by atoms with Crippen molar-refractivity contribution in [3.8, 4) is 5.69 Å². The average Bonchev–Trinajstić information content (AvgIpc) is 3.06. The Bertz CT molecular complexity index is 1360.